The number of carbonyl (C=O) groups excluding carboxylic acids is 1. The summed E-state index contributed by atoms with van der Waals surface area (Å²) >= 11 is 0. The Morgan fingerprint density at radius 2 is 1.30 bits per heavy atom. The van der Waals surface area contributed by atoms with Gasteiger partial charge in [0.25, 0.3) is 20.2 Å². The van der Waals surface area contributed by atoms with E-state index in [9.17, 15) is 54.5 Å². The Kier molecular flexibility index (Phi) is 12.5. The molecule has 0 saturated carbocycles. The van der Waals surface area contributed by atoms with Gasteiger partial charge in [-0.05, 0) is 47.9 Å². The first kappa shape index (κ1) is 40.6. The van der Waals surface area contributed by atoms with Crippen LogP contribution in [0.4, 0.5) is 28.4 Å². The molecular formula is C30H32N6O14S3. The van der Waals surface area contributed by atoms with Crippen LogP contribution in [0.3, 0.4) is 0 Å². The highest BCUT2D eigenvalue weighted by Crippen LogP contribution is 2.46. The number of benzene rings is 4. The molecule has 53 heavy (non-hydrogen) atoms. The molecule has 0 aliphatic carbocycles. The Hall–Kier alpha value is -5.14. The Labute approximate surface area is 302 Å². The van der Waals surface area contributed by atoms with Gasteiger partial charge in [0.2, 0.25) is 15.9 Å². The number of methoxy groups -OCH3 is 2. The van der Waals surface area contributed by atoms with Crippen molar-refractivity contribution in [2.24, 2.45) is 20.5 Å². The molecule has 23 heteroatoms. The topological polar surface area (TPSA) is 304 Å². The van der Waals surface area contributed by atoms with E-state index >= 15 is 0 Å². The fraction of sp³-hybridized carbons (Fsp3) is 0.233. The molecule has 0 saturated heterocycles. The van der Waals surface area contributed by atoms with Crippen LogP contribution in [0.1, 0.15) is 6.92 Å². The van der Waals surface area contributed by atoms with Gasteiger partial charge in [-0.3, -0.25) is 13.9 Å². The molecule has 0 heterocycles. The number of hydrogen-bond donors (Lipinski definition) is 6. The monoisotopic (exact) mass is 796 g/mol. The zero-order chi connectivity index (χ0) is 39.3. The Morgan fingerprint density at radius 3 is 1.77 bits per heavy atom. The van der Waals surface area contributed by atoms with Crippen molar-refractivity contribution in [1.29, 1.82) is 0 Å². The molecular weight excluding hydrogens is 765 g/mol. The molecule has 0 atom stereocenters. The maximum Gasteiger partial charge on any atom is 0.296 e. The van der Waals surface area contributed by atoms with Gasteiger partial charge < -0.3 is 30.1 Å². The van der Waals surface area contributed by atoms with E-state index in [4.69, 9.17) is 9.47 Å². The SMILES string of the molecule is COc1cc(/N=N/c2c(S(=O)(=O)O)cc3cc(S(=O)(=O)O)cc(NC(C)=O)c3c2O)c(OC)cc1/N=N/c1ccc(S(=O)(=O)N(CCO)CCO)cc1. The minimum atomic E-state index is -5.18. The Balaban J connectivity index is 1.78. The third-order valence-electron chi connectivity index (χ3n) is 7.19. The first-order valence-corrected chi connectivity index (χ1v) is 19.2. The van der Waals surface area contributed by atoms with E-state index in [1.165, 1.54) is 50.6 Å². The smallest absolute Gasteiger partial charge is 0.296 e. The van der Waals surface area contributed by atoms with Crippen molar-refractivity contribution in [2.75, 3.05) is 45.8 Å². The fourth-order valence-electron chi connectivity index (χ4n) is 4.84. The molecule has 0 fully saturated rings. The Morgan fingerprint density at radius 1 is 0.755 bits per heavy atom. The number of aliphatic hydroxyl groups excluding tert-OH is 2. The zero-order valence-corrected chi connectivity index (χ0v) is 30.3. The van der Waals surface area contributed by atoms with Crippen molar-refractivity contribution in [3.8, 4) is 17.2 Å². The number of phenols is 1. The highest BCUT2D eigenvalue weighted by atomic mass is 32.2. The highest BCUT2D eigenvalue weighted by Gasteiger charge is 2.26. The van der Waals surface area contributed by atoms with Crippen LogP contribution in [0.2, 0.25) is 0 Å². The molecule has 20 nitrogen and oxygen atoms in total. The average Bonchev–Trinajstić information content (AvgIpc) is 3.08. The lowest BCUT2D eigenvalue weighted by Crippen LogP contribution is -2.35. The summed E-state index contributed by atoms with van der Waals surface area (Å²) in [6, 6.07) is 10.2. The number of amides is 1. The van der Waals surface area contributed by atoms with E-state index in [1.807, 2.05) is 0 Å². The van der Waals surface area contributed by atoms with Crippen LogP contribution in [-0.2, 0) is 35.1 Å². The number of fused-ring (bicyclic) bond motifs is 1. The largest absolute Gasteiger partial charge is 0.505 e. The van der Waals surface area contributed by atoms with Gasteiger partial charge in [0.15, 0.2) is 5.75 Å². The van der Waals surface area contributed by atoms with Gasteiger partial charge >= 0.3 is 0 Å². The van der Waals surface area contributed by atoms with Crippen molar-refractivity contribution in [2.45, 2.75) is 21.6 Å². The summed E-state index contributed by atoms with van der Waals surface area (Å²) in [7, 11) is -11.6. The standard InChI is InChI=1S/C30H32N6O14S3/c1-17(39)31-24-14-21(52(43,44)45)12-18-13-27(53(46,47)48)29(30(40)28(18)24)35-34-23-16-25(49-2)22(15-26(23)50-3)33-32-19-4-6-20(7-5-19)51(41,42)36(8-10-37)9-11-38/h4-7,12-16,37-38,40H,8-11H2,1-3H3,(H,31,39)(H,43,44,45)(H,46,47,48)/b33-32+,35-34+. The minimum absolute atomic E-state index is 0.0248. The van der Waals surface area contributed by atoms with Crippen LogP contribution in [0.5, 0.6) is 17.2 Å². The molecule has 6 N–H and O–H groups in total. The maximum absolute atomic E-state index is 12.9. The van der Waals surface area contributed by atoms with E-state index in [2.05, 4.69) is 25.8 Å². The summed E-state index contributed by atoms with van der Waals surface area (Å²) in [5.41, 5.74) is -0.987. The lowest BCUT2D eigenvalue weighted by atomic mass is 10.1. The number of hydrogen-bond acceptors (Lipinski definition) is 16. The summed E-state index contributed by atoms with van der Waals surface area (Å²) < 4.78 is 106. The van der Waals surface area contributed by atoms with Gasteiger partial charge in [0.1, 0.15) is 33.5 Å². The normalized spacial score (nSPS) is 12.6. The second kappa shape index (κ2) is 16.3. The van der Waals surface area contributed by atoms with Crippen LogP contribution in [0.25, 0.3) is 10.8 Å². The number of azo groups is 2. The fourth-order valence-corrected chi connectivity index (χ4v) is 7.46. The molecule has 0 unspecified atom stereocenters. The number of sulfonamides is 1. The number of nitrogens with zero attached hydrogens (tertiary/aromatic N) is 5. The van der Waals surface area contributed by atoms with Crippen molar-refractivity contribution < 1.29 is 63.9 Å². The van der Waals surface area contributed by atoms with Crippen molar-refractivity contribution in [3.63, 3.8) is 0 Å². The molecule has 4 aromatic carbocycles. The van der Waals surface area contributed by atoms with E-state index in [1.54, 1.807) is 0 Å². The Bertz CT molecular complexity index is 2430. The molecule has 0 aromatic heterocycles. The molecule has 4 rings (SSSR count). The number of aromatic hydroxyl groups is 1. The second-order valence-electron chi connectivity index (χ2n) is 10.7. The van der Waals surface area contributed by atoms with Gasteiger partial charge in [0.05, 0.1) is 48.6 Å². The predicted octanol–water partition coefficient (Wildman–Crippen LogP) is 3.82. The summed E-state index contributed by atoms with van der Waals surface area (Å²) in [6.45, 7) is -0.257. The molecule has 1 amide bonds. The third-order valence-corrected chi connectivity index (χ3v) is 10.8. The minimum Gasteiger partial charge on any atom is -0.505 e. The van der Waals surface area contributed by atoms with Gasteiger partial charge in [-0.25, -0.2) is 8.42 Å². The van der Waals surface area contributed by atoms with Gasteiger partial charge in [-0.2, -0.15) is 26.3 Å². The summed E-state index contributed by atoms with van der Waals surface area (Å²) in [6.07, 6.45) is 0. The summed E-state index contributed by atoms with van der Waals surface area (Å²) in [5, 5.41) is 47.3. The second-order valence-corrected chi connectivity index (χ2v) is 15.5. The number of ether oxygens (including phenoxy) is 2. The van der Waals surface area contributed by atoms with Crippen LogP contribution in [-0.4, -0.2) is 100 Å². The van der Waals surface area contributed by atoms with E-state index in [0.29, 0.717) is 0 Å². The van der Waals surface area contributed by atoms with E-state index in [0.717, 1.165) is 29.4 Å². The molecule has 0 bridgehead atoms. The van der Waals surface area contributed by atoms with E-state index < -0.39 is 70.6 Å². The van der Waals surface area contributed by atoms with Crippen molar-refractivity contribution in [3.05, 3.63) is 54.6 Å². The zero-order valence-electron chi connectivity index (χ0n) is 27.9. The molecule has 0 aliphatic heterocycles. The highest BCUT2D eigenvalue weighted by molar-refractivity contribution is 7.89. The van der Waals surface area contributed by atoms with Crippen LogP contribution in [0.15, 0.2) is 89.7 Å². The molecule has 4 aromatic rings. The average molecular weight is 797 g/mol. The predicted molar refractivity (Wildman–Crippen MR) is 187 cm³/mol. The number of phenolic OH excluding ortho intramolecular Hbond substituents is 1. The van der Waals surface area contributed by atoms with Crippen LogP contribution < -0.4 is 14.8 Å². The number of anilines is 1. The third kappa shape index (κ3) is 9.27. The van der Waals surface area contributed by atoms with Gasteiger partial charge in [-0.15, -0.1) is 15.3 Å². The summed E-state index contributed by atoms with van der Waals surface area (Å²) in [4.78, 5) is 10.00. The van der Waals surface area contributed by atoms with E-state index in [-0.39, 0.29) is 63.0 Å². The van der Waals surface area contributed by atoms with Crippen molar-refractivity contribution >= 4 is 75.4 Å². The van der Waals surface area contributed by atoms with Crippen molar-refractivity contribution in [1.82, 2.24) is 4.31 Å². The molecule has 0 radical (unpaired) electrons. The van der Waals surface area contributed by atoms with Gasteiger partial charge in [0, 0.05) is 37.5 Å². The number of aliphatic hydroxyl groups is 2. The number of rotatable bonds is 15. The molecule has 0 spiro atoms. The lowest BCUT2D eigenvalue weighted by Gasteiger charge is -2.20. The number of carbonyl (C=O) groups is 1. The lowest BCUT2D eigenvalue weighted by molar-refractivity contribution is -0.114. The quantitative estimate of drug-likeness (QED) is 0.0736. The first-order valence-electron chi connectivity index (χ1n) is 14.8. The molecule has 0 aliphatic rings. The first-order chi connectivity index (χ1) is 24.8. The van der Waals surface area contributed by atoms with Crippen LogP contribution >= 0.6 is 0 Å². The van der Waals surface area contributed by atoms with Gasteiger partial charge in [-0.1, -0.05) is 0 Å². The molecule has 284 valence electrons. The number of nitrogens with one attached hydrogen (secondary N) is 1. The summed E-state index contributed by atoms with van der Waals surface area (Å²) in [5.74, 6) is -1.66. The van der Waals surface area contributed by atoms with Crippen LogP contribution in [0, 0.1) is 0 Å². The maximum atomic E-state index is 12.9.